The highest BCUT2D eigenvalue weighted by atomic mass is 32.2. The molecule has 0 radical (unpaired) electrons. The second kappa shape index (κ2) is 5.81. The van der Waals surface area contributed by atoms with Gasteiger partial charge in [0, 0.05) is 0 Å². The number of carbonyl (C=O) groups is 2. The Hall–Kier alpha value is -0.920. The molecule has 0 bridgehead atoms. The van der Waals surface area contributed by atoms with Gasteiger partial charge in [-0.05, 0) is 24.6 Å². The maximum Gasteiger partial charge on any atom is 0.442 e. The van der Waals surface area contributed by atoms with Gasteiger partial charge in [0.2, 0.25) is 5.91 Å². The Kier molecular flexibility index (Phi) is 4.89. The van der Waals surface area contributed by atoms with Crippen LogP contribution in [-0.4, -0.2) is 33.8 Å². The number of carbonyl (C=O) groups excluding carboxylic acids is 1. The molecule has 1 fully saturated rings. The zero-order valence-corrected chi connectivity index (χ0v) is 10.4. The predicted octanol–water partition coefficient (Wildman–Crippen LogP) is 2.14. The zero-order chi connectivity index (χ0) is 13.8. The van der Waals surface area contributed by atoms with Crippen LogP contribution in [0.15, 0.2) is 0 Å². The van der Waals surface area contributed by atoms with E-state index in [2.05, 4.69) is 5.32 Å². The summed E-state index contributed by atoms with van der Waals surface area (Å²) < 4.78 is 35.7. The summed E-state index contributed by atoms with van der Waals surface area (Å²) in [5, 5.41) is 11.4. The van der Waals surface area contributed by atoms with E-state index in [1.54, 1.807) is 0 Å². The third kappa shape index (κ3) is 4.40. The van der Waals surface area contributed by atoms with Crippen molar-refractivity contribution in [2.24, 2.45) is 0 Å². The van der Waals surface area contributed by atoms with Gasteiger partial charge in [-0.25, -0.2) is 4.79 Å². The molecule has 0 heterocycles. The van der Waals surface area contributed by atoms with Crippen molar-refractivity contribution >= 4 is 23.6 Å². The number of amides is 1. The second-order valence-electron chi connectivity index (χ2n) is 4.23. The van der Waals surface area contributed by atoms with Gasteiger partial charge in [-0.15, -0.1) is 0 Å². The van der Waals surface area contributed by atoms with E-state index in [0.717, 1.165) is 6.42 Å². The number of halogens is 3. The number of carboxylic acids is 1. The van der Waals surface area contributed by atoms with Gasteiger partial charge in [0.05, 0.1) is 5.75 Å². The van der Waals surface area contributed by atoms with Crippen molar-refractivity contribution in [3.63, 3.8) is 0 Å². The van der Waals surface area contributed by atoms with Gasteiger partial charge in [0.25, 0.3) is 0 Å². The number of alkyl halides is 3. The molecule has 1 aliphatic rings. The van der Waals surface area contributed by atoms with Gasteiger partial charge in [0.1, 0.15) is 5.54 Å². The Morgan fingerprint density at radius 3 is 2.22 bits per heavy atom. The first kappa shape index (κ1) is 15.1. The van der Waals surface area contributed by atoms with Gasteiger partial charge >= 0.3 is 11.5 Å². The minimum Gasteiger partial charge on any atom is -0.480 e. The number of nitrogens with one attached hydrogen (secondary N) is 1. The van der Waals surface area contributed by atoms with Crippen LogP contribution in [-0.2, 0) is 9.59 Å². The van der Waals surface area contributed by atoms with Crippen LogP contribution in [0, 0.1) is 0 Å². The molecule has 18 heavy (non-hydrogen) atoms. The molecule has 1 saturated carbocycles. The number of aliphatic carboxylic acids is 1. The highest BCUT2D eigenvalue weighted by Crippen LogP contribution is 2.31. The van der Waals surface area contributed by atoms with Crippen molar-refractivity contribution in [2.45, 2.75) is 43.2 Å². The van der Waals surface area contributed by atoms with Crippen LogP contribution in [0.2, 0.25) is 0 Å². The summed E-state index contributed by atoms with van der Waals surface area (Å²) in [6, 6.07) is 0. The first-order valence-corrected chi connectivity index (χ1v) is 6.49. The summed E-state index contributed by atoms with van der Waals surface area (Å²) in [5.74, 6) is -2.87. The van der Waals surface area contributed by atoms with Crippen LogP contribution in [0.3, 0.4) is 0 Å². The van der Waals surface area contributed by atoms with Gasteiger partial charge in [0.15, 0.2) is 0 Å². The third-order valence-corrected chi connectivity index (χ3v) is 3.60. The Morgan fingerprint density at radius 2 is 1.78 bits per heavy atom. The Balaban J connectivity index is 2.56. The van der Waals surface area contributed by atoms with E-state index >= 15 is 0 Å². The fraction of sp³-hybridized carbons (Fsp3) is 0.800. The van der Waals surface area contributed by atoms with Crippen molar-refractivity contribution in [3.05, 3.63) is 0 Å². The lowest BCUT2D eigenvalue weighted by atomic mass is 9.81. The predicted molar refractivity (Wildman–Crippen MR) is 60.1 cm³/mol. The molecule has 0 aromatic heterocycles. The molecule has 4 nitrogen and oxygen atoms in total. The van der Waals surface area contributed by atoms with E-state index in [4.69, 9.17) is 5.11 Å². The normalized spacial score (nSPS) is 19.3. The number of hydrogen-bond donors (Lipinski definition) is 2. The molecule has 0 atom stereocenters. The van der Waals surface area contributed by atoms with Gasteiger partial charge in [-0.3, -0.25) is 4.79 Å². The molecular weight excluding hydrogens is 271 g/mol. The van der Waals surface area contributed by atoms with Crippen molar-refractivity contribution < 1.29 is 27.9 Å². The number of thioether (sulfide) groups is 1. The molecule has 0 spiro atoms. The number of rotatable bonds is 4. The van der Waals surface area contributed by atoms with Crippen LogP contribution < -0.4 is 5.32 Å². The fourth-order valence-electron chi connectivity index (χ4n) is 2.00. The summed E-state index contributed by atoms with van der Waals surface area (Å²) in [6.07, 6.45) is 2.72. The topological polar surface area (TPSA) is 66.4 Å². The van der Waals surface area contributed by atoms with E-state index in [1.165, 1.54) is 0 Å². The van der Waals surface area contributed by atoms with Crippen LogP contribution in [0.1, 0.15) is 32.1 Å². The molecule has 0 aliphatic heterocycles. The third-order valence-electron chi connectivity index (χ3n) is 2.86. The monoisotopic (exact) mass is 285 g/mol. The van der Waals surface area contributed by atoms with Gasteiger partial charge in [-0.2, -0.15) is 13.2 Å². The van der Waals surface area contributed by atoms with Crippen LogP contribution >= 0.6 is 11.8 Å². The lowest BCUT2D eigenvalue weighted by molar-refractivity contribution is -0.148. The molecule has 0 unspecified atom stereocenters. The van der Waals surface area contributed by atoms with E-state index < -0.39 is 40.4 Å². The fourth-order valence-corrected chi connectivity index (χ4v) is 2.36. The number of carboxylic acid groups (broad SMARTS) is 1. The Labute approximate surface area is 106 Å². The summed E-state index contributed by atoms with van der Waals surface area (Å²) in [7, 11) is 0. The molecule has 0 saturated heterocycles. The maximum absolute atomic E-state index is 11.9. The standard InChI is InChI=1S/C10H14F3NO3S/c11-10(12,13)18-6-7(15)14-9(8(16)17)4-2-1-3-5-9/h1-6H2,(H,14,15)(H,16,17). The van der Waals surface area contributed by atoms with Crippen LogP contribution in [0.25, 0.3) is 0 Å². The minimum atomic E-state index is -4.49. The average molecular weight is 285 g/mol. The summed E-state index contributed by atoms with van der Waals surface area (Å²) in [4.78, 5) is 22.5. The van der Waals surface area contributed by atoms with Crippen molar-refractivity contribution in [1.29, 1.82) is 0 Å². The molecule has 104 valence electrons. The van der Waals surface area contributed by atoms with Gasteiger partial charge in [-0.1, -0.05) is 19.3 Å². The van der Waals surface area contributed by atoms with E-state index in [1.807, 2.05) is 0 Å². The molecule has 1 rings (SSSR count). The van der Waals surface area contributed by atoms with E-state index in [-0.39, 0.29) is 12.8 Å². The van der Waals surface area contributed by atoms with E-state index in [0.29, 0.717) is 12.8 Å². The smallest absolute Gasteiger partial charge is 0.442 e. The molecule has 8 heteroatoms. The average Bonchev–Trinajstić information content (AvgIpc) is 2.26. The minimum absolute atomic E-state index is 0.269. The number of hydrogen-bond acceptors (Lipinski definition) is 3. The lowest BCUT2D eigenvalue weighted by Crippen LogP contribution is -2.56. The molecule has 1 amide bonds. The van der Waals surface area contributed by atoms with E-state index in [9.17, 15) is 22.8 Å². The summed E-state index contributed by atoms with van der Waals surface area (Å²) >= 11 is -0.464. The first-order chi connectivity index (χ1) is 8.25. The molecule has 2 N–H and O–H groups in total. The molecule has 0 aromatic rings. The molecule has 1 aliphatic carbocycles. The quantitative estimate of drug-likeness (QED) is 0.830. The van der Waals surface area contributed by atoms with Crippen LogP contribution in [0.5, 0.6) is 0 Å². The molecular formula is C10H14F3NO3S. The highest BCUT2D eigenvalue weighted by molar-refractivity contribution is 8.00. The Bertz CT molecular complexity index is 327. The first-order valence-electron chi connectivity index (χ1n) is 5.50. The largest absolute Gasteiger partial charge is 0.480 e. The summed E-state index contributed by atoms with van der Waals surface area (Å²) in [6.45, 7) is 0. The lowest BCUT2D eigenvalue weighted by Gasteiger charge is -2.33. The maximum atomic E-state index is 11.9. The SMILES string of the molecule is O=C(CSC(F)(F)F)NC1(C(=O)O)CCCCC1. The molecule has 0 aromatic carbocycles. The van der Waals surface area contributed by atoms with Gasteiger partial charge < -0.3 is 10.4 Å². The van der Waals surface area contributed by atoms with Crippen LogP contribution in [0.4, 0.5) is 13.2 Å². The zero-order valence-electron chi connectivity index (χ0n) is 9.55. The second-order valence-corrected chi connectivity index (χ2v) is 5.27. The summed E-state index contributed by atoms with van der Waals surface area (Å²) in [5.41, 5.74) is -5.87. The van der Waals surface area contributed by atoms with Crippen molar-refractivity contribution in [2.75, 3.05) is 5.75 Å². The highest BCUT2D eigenvalue weighted by Gasteiger charge is 2.41. The van der Waals surface area contributed by atoms with Crippen molar-refractivity contribution in [1.82, 2.24) is 5.32 Å². The van der Waals surface area contributed by atoms with Crippen molar-refractivity contribution in [3.8, 4) is 0 Å². The Morgan fingerprint density at radius 1 is 1.22 bits per heavy atom.